The second-order valence-corrected chi connectivity index (χ2v) is 10.6. The minimum atomic E-state index is -0.520. The molecule has 0 saturated carbocycles. The lowest BCUT2D eigenvalue weighted by Crippen LogP contribution is -2.55. The largest absolute Gasteiger partial charge is 0.458 e. The van der Waals surface area contributed by atoms with Crippen LogP contribution in [0.4, 0.5) is 4.79 Å². The molecular formula is C26H40N2O8. The van der Waals surface area contributed by atoms with Crippen LogP contribution < -0.4 is 5.32 Å². The molecule has 2 heterocycles. The van der Waals surface area contributed by atoms with Crippen LogP contribution >= 0.6 is 0 Å². The summed E-state index contributed by atoms with van der Waals surface area (Å²) in [5.41, 5.74) is 0.00476. The molecule has 0 aromatic heterocycles. The lowest BCUT2D eigenvalue weighted by molar-refractivity contribution is -0.165. The molecule has 3 rings (SSSR count). The minimum Gasteiger partial charge on any atom is -0.458 e. The number of likely N-dealkylation sites (tertiary alicyclic amines) is 1. The number of carbonyl (C=O) groups excluding carboxylic acids is 3. The molecule has 0 bridgehead atoms. The molecule has 2 fully saturated rings. The van der Waals surface area contributed by atoms with Crippen molar-refractivity contribution in [1.82, 2.24) is 10.2 Å². The van der Waals surface area contributed by atoms with Crippen molar-refractivity contribution >= 4 is 18.0 Å². The van der Waals surface area contributed by atoms with Gasteiger partial charge in [-0.15, -0.1) is 0 Å². The van der Waals surface area contributed by atoms with Crippen LogP contribution in [0.25, 0.3) is 0 Å². The zero-order chi connectivity index (χ0) is 26.8. The van der Waals surface area contributed by atoms with Crippen LogP contribution in [0, 0.1) is 0 Å². The van der Waals surface area contributed by atoms with Gasteiger partial charge in [0.15, 0.2) is 0 Å². The zero-order valence-electron chi connectivity index (χ0n) is 22.2. The quantitative estimate of drug-likeness (QED) is 0.418. The fourth-order valence-corrected chi connectivity index (χ4v) is 3.00. The third-order valence-electron chi connectivity index (χ3n) is 4.77. The Morgan fingerprint density at radius 1 is 0.833 bits per heavy atom. The van der Waals surface area contributed by atoms with Gasteiger partial charge in [-0.1, -0.05) is 30.3 Å². The highest BCUT2D eigenvalue weighted by Gasteiger charge is 2.33. The Hall–Kier alpha value is -2.69. The van der Waals surface area contributed by atoms with Gasteiger partial charge in [0, 0.05) is 13.1 Å². The molecule has 10 nitrogen and oxygen atoms in total. The maximum Gasteiger partial charge on any atom is 0.410 e. The normalized spacial score (nSPS) is 16.1. The first-order valence-electron chi connectivity index (χ1n) is 12.1. The van der Waals surface area contributed by atoms with E-state index in [1.807, 2.05) is 51.1 Å². The molecule has 1 aromatic carbocycles. The van der Waals surface area contributed by atoms with E-state index in [2.05, 4.69) is 5.32 Å². The maximum atomic E-state index is 11.8. The van der Waals surface area contributed by atoms with Gasteiger partial charge in [-0.3, -0.25) is 0 Å². The summed E-state index contributed by atoms with van der Waals surface area (Å²) < 4.78 is 26.1. The minimum absolute atomic E-state index is 0.0591. The predicted octanol–water partition coefficient (Wildman–Crippen LogP) is 2.68. The summed E-state index contributed by atoms with van der Waals surface area (Å²) >= 11 is 0. The van der Waals surface area contributed by atoms with Crippen molar-refractivity contribution < 1.29 is 38.1 Å². The van der Waals surface area contributed by atoms with Gasteiger partial charge in [0.25, 0.3) is 0 Å². The average Bonchev–Trinajstić information content (AvgIpc) is 2.68. The van der Waals surface area contributed by atoms with E-state index in [0.717, 1.165) is 18.7 Å². The van der Waals surface area contributed by atoms with Crippen molar-refractivity contribution in [3.63, 3.8) is 0 Å². The summed E-state index contributed by atoms with van der Waals surface area (Å²) in [6.45, 7) is 13.7. The molecule has 2 saturated heterocycles. The average molecular weight is 509 g/mol. The third-order valence-corrected chi connectivity index (χ3v) is 4.77. The first-order valence-corrected chi connectivity index (χ1v) is 12.1. The molecule has 0 atom stereocenters. The summed E-state index contributed by atoms with van der Waals surface area (Å²) in [4.78, 5) is 36.0. The van der Waals surface area contributed by atoms with Gasteiger partial charge in [-0.2, -0.15) is 0 Å². The van der Waals surface area contributed by atoms with Crippen molar-refractivity contribution in [2.45, 2.75) is 71.6 Å². The van der Waals surface area contributed by atoms with E-state index in [4.69, 9.17) is 23.7 Å². The number of nitrogens with zero attached hydrogens (tertiary/aromatic N) is 1. The number of carbonyl (C=O) groups is 3. The number of hydrogen-bond acceptors (Lipinski definition) is 9. The van der Waals surface area contributed by atoms with Crippen LogP contribution in [0.2, 0.25) is 0 Å². The van der Waals surface area contributed by atoms with Gasteiger partial charge in [-0.25, -0.2) is 14.4 Å². The molecule has 0 aliphatic carbocycles. The topological polar surface area (TPSA) is 113 Å². The van der Waals surface area contributed by atoms with Crippen LogP contribution in [0.5, 0.6) is 0 Å². The van der Waals surface area contributed by atoms with E-state index in [1.165, 1.54) is 0 Å². The van der Waals surface area contributed by atoms with E-state index in [0.29, 0.717) is 13.1 Å². The summed E-state index contributed by atoms with van der Waals surface area (Å²) in [7, 11) is 0. The number of hydrogen-bond donors (Lipinski definition) is 1. The fourth-order valence-electron chi connectivity index (χ4n) is 3.00. The van der Waals surface area contributed by atoms with Crippen molar-refractivity contribution in [1.29, 1.82) is 0 Å². The van der Waals surface area contributed by atoms with Gasteiger partial charge in [0.2, 0.25) is 0 Å². The van der Waals surface area contributed by atoms with Crippen LogP contribution in [-0.4, -0.2) is 85.7 Å². The maximum absolute atomic E-state index is 11.8. The second kappa shape index (κ2) is 13.6. The molecule has 202 valence electrons. The molecule has 1 N–H and O–H groups in total. The molecule has 0 radical (unpaired) electrons. The fraction of sp³-hybridized carbons (Fsp3) is 0.654. The molecule has 10 heteroatoms. The summed E-state index contributed by atoms with van der Waals surface area (Å²) in [6.07, 6.45) is -0.328. The molecular weight excluding hydrogens is 468 g/mol. The summed E-state index contributed by atoms with van der Waals surface area (Å²) in [6, 6.07) is 9.50. The number of esters is 2. The van der Waals surface area contributed by atoms with Crippen LogP contribution in [0.3, 0.4) is 0 Å². The Morgan fingerprint density at radius 3 is 1.78 bits per heavy atom. The van der Waals surface area contributed by atoms with Crippen molar-refractivity contribution in [2.75, 3.05) is 39.4 Å². The Labute approximate surface area is 213 Å². The van der Waals surface area contributed by atoms with Crippen molar-refractivity contribution in [3.8, 4) is 0 Å². The Kier molecular flexibility index (Phi) is 11.1. The Bertz CT molecular complexity index is 838. The highest BCUT2D eigenvalue weighted by molar-refractivity contribution is 5.71. The predicted molar refractivity (Wildman–Crippen MR) is 132 cm³/mol. The van der Waals surface area contributed by atoms with Gasteiger partial charge in [0.1, 0.15) is 31.0 Å². The monoisotopic (exact) mass is 508 g/mol. The van der Waals surface area contributed by atoms with E-state index in [1.54, 1.807) is 25.7 Å². The number of ether oxygens (including phenoxy) is 5. The Balaban J connectivity index is 0.000000297. The smallest absolute Gasteiger partial charge is 0.410 e. The summed E-state index contributed by atoms with van der Waals surface area (Å²) in [5, 5.41) is 3.06. The molecule has 36 heavy (non-hydrogen) atoms. The molecule has 1 amide bonds. The second-order valence-electron chi connectivity index (χ2n) is 10.6. The highest BCUT2D eigenvalue weighted by Crippen LogP contribution is 2.15. The molecule has 0 unspecified atom stereocenters. The third kappa shape index (κ3) is 12.3. The molecule has 0 spiro atoms. The molecule has 1 aromatic rings. The number of rotatable bonds is 8. The first kappa shape index (κ1) is 29.5. The molecule has 2 aliphatic heterocycles. The number of nitrogens with one attached hydrogen (secondary N) is 1. The van der Waals surface area contributed by atoms with Gasteiger partial charge >= 0.3 is 18.0 Å². The molecule has 2 aliphatic rings. The van der Waals surface area contributed by atoms with E-state index < -0.39 is 17.2 Å². The van der Waals surface area contributed by atoms with Gasteiger partial charge in [0.05, 0.1) is 25.3 Å². The lowest BCUT2D eigenvalue weighted by Gasteiger charge is -2.37. The zero-order valence-corrected chi connectivity index (χ0v) is 22.2. The van der Waals surface area contributed by atoms with Crippen molar-refractivity contribution in [3.05, 3.63) is 35.9 Å². The Morgan fingerprint density at radius 2 is 1.33 bits per heavy atom. The van der Waals surface area contributed by atoms with Gasteiger partial charge < -0.3 is 33.9 Å². The van der Waals surface area contributed by atoms with Crippen LogP contribution in [0.15, 0.2) is 30.3 Å². The highest BCUT2D eigenvalue weighted by atomic mass is 16.6. The summed E-state index contributed by atoms with van der Waals surface area (Å²) in [5.74, 6) is -0.693. The standard InChI is InChI=1S/C17H23NO5.C9H17NO3/c1-17(2,3)23-15(19)12-21-14-9-18(10-14)16(20)22-11-13-7-5-4-6-8-13;1-9(2,3)13-8(11)6-12-7-4-10-5-7/h4-8,14H,9-12H2,1-3H3;7,10H,4-6H2,1-3H3. The number of benzene rings is 1. The number of amides is 1. The van der Waals surface area contributed by atoms with Crippen molar-refractivity contribution in [2.24, 2.45) is 0 Å². The van der Waals surface area contributed by atoms with Gasteiger partial charge in [-0.05, 0) is 47.1 Å². The van der Waals surface area contributed by atoms with E-state index >= 15 is 0 Å². The lowest BCUT2D eigenvalue weighted by atomic mass is 10.2. The van der Waals surface area contributed by atoms with Crippen LogP contribution in [-0.2, 0) is 39.9 Å². The van der Waals surface area contributed by atoms with E-state index in [-0.39, 0.29) is 44.1 Å². The first-order chi connectivity index (χ1) is 16.8. The van der Waals surface area contributed by atoms with E-state index in [9.17, 15) is 14.4 Å². The SMILES string of the molecule is CC(C)(C)OC(=O)COC1CN(C(=O)OCc2ccccc2)C1.CC(C)(C)OC(=O)COC1CNC1. The van der Waals surface area contributed by atoms with Crippen LogP contribution in [0.1, 0.15) is 47.1 Å².